The Labute approximate surface area is 151 Å². The van der Waals surface area contributed by atoms with E-state index >= 15 is 0 Å². The van der Waals surface area contributed by atoms with Gasteiger partial charge in [-0.05, 0) is 67.3 Å². The van der Waals surface area contributed by atoms with Gasteiger partial charge in [0.25, 0.3) is 0 Å². The lowest BCUT2D eigenvalue weighted by atomic mass is 9.88. The van der Waals surface area contributed by atoms with E-state index in [0.29, 0.717) is 12.2 Å². The van der Waals surface area contributed by atoms with Gasteiger partial charge in [-0.25, -0.2) is 0 Å². The average Bonchev–Trinajstić information content (AvgIpc) is 2.60. The van der Waals surface area contributed by atoms with Gasteiger partial charge in [-0.3, -0.25) is 4.90 Å². The number of phenols is 1. The summed E-state index contributed by atoms with van der Waals surface area (Å²) in [5, 5.41) is 10.1. The molecule has 0 aliphatic carbocycles. The highest BCUT2D eigenvalue weighted by Gasteiger charge is 2.30. The predicted octanol–water partition coefficient (Wildman–Crippen LogP) is 4.58. The highest BCUT2D eigenvalue weighted by atomic mass is 19.4. The Morgan fingerprint density at radius 2 is 1.88 bits per heavy atom. The molecular weight excluding hydrogens is 343 g/mol. The first-order chi connectivity index (χ1) is 12.3. The number of benzene rings is 2. The van der Waals surface area contributed by atoms with E-state index < -0.39 is 11.7 Å². The minimum atomic E-state index is -4.31. The fraction of sp³-hybridized carbons (Fsp3) is 0.400. The Morgan fingerprint density at radius 3 is 2.50 bits per heavy atom. The lowest BCUT2D eigenvalue weighted by Crippen LogP contribution is -2.32. The molecule has 0 bridgehead atoms. The van der Waals surface area contributed by atoms with Gasteiger partial charge >= 0.3 is 6.18 Å². The molecular formula is C20H22F3NO2. The molecule has 1 N–H and O–H groups in total. The van der Waals surface area contributed by atoms with Crippen LogP contribution >= 0.6 is 0 Å². The van der Waals surface area contributed by atoms with Crippen LogP contribution in [0.3, 0.4) is 0 Å². The van der Waals surface area contributed by atoms with Crippen molar-refractivity contribution in [1.82, 2.24) is 4.90 Å². The Bertz CT molecular complexity index is 772. The molecule has 0 saturated heterocycles. The molecule has 0 aromatic heterocycles. The zero-order valence-electron chi connectivity index (χ0n) is 14.8. The van der Waals surface area contributed by atoms with Gasteiger partial charge < -0.3 is 9.84 Å². The highest BCUT2D eigenvalue weighted by Crippen LogP contribution is 2.39. The maximum Gasteiger partial charge on any atom is 0.416 e. The normalized spacial score (nSPS) is 17.8. The van der Waals surface area contributed by atoms with E-state index in [9.17, 15) is 18.3 Å². The largest absolute Gasteiger partial charge is 0.504 e. The summed E-state index contributed by atoms with van der Waals surface area (Å²) in [6.07, 6.45) is -2.00. The maximum atomic E-state index is 12.7. The molecule has 0 radical (unpaired) electrons. The first-order valence-corrected chi connectivity index (χ1v) is 8.55. The summed E-state index contributed by atoms with van der Waals surface area (Å²) < 4.78 is 43.2. The fourth-order valence-electron chi connectivity index (χ4n) is 3.55. The standard InChI is InChI=1S/C20H22F3NO2/c1-24-10-9-14-11-19(26-2)18(25)12-16(14)17(24)8-5-13-3-6-15(7-4-13)20(21,22)23/h3-4,6-7,11-12,17,25H,5,8-10H2,1-2H3. The first kappa shape index (κ1) is 18.6. The predicted molar refractivity (Wildman–Crippen MR) is 93.5 cm³/mol. The van der Waals surface area contributed by atoms with E-state index in [1.165, 1.54) is 19.2 Å². The number of rotatable bonds is 4. The second-order valence-corrected chi connectivity index (χ2v) is 6.70. The number of aromatic hydroxyl groups is 1. The van der Waals surface area contributed by atoms with Crippen molar-refractivity contribution >= 4 is 0 Å². The number of fused-ring (bicyclic) bond motifs is 1. The fourth-order valence-corrected chi connectivity index (χ4v) is 3.55. The second-order valence-electron chi connectivity index (χ2n) is 6.70. The molecule has 2 aromatic carbocycles. The first-order valence-electron chi connectivity index (χ1n) is 8.55. The lowest BCUT2D eigenvalue weighted by Gasteiger charge is -2.35. The van der Waals surface area contributed by atoms with Gasteiger partial charge in [-0.2, -0.15) is 13.2 Å². The molecule has 0 spiro atoms. The summed E-state index contributed by atoms with van der Waals surface area (Å²) in [6, 6.07) is 9.08. The van der Waals surface area contributed by atoms with Gasteiger partial charge in [0.2, 0.25) is 0 Å². The number of methoxy groups -OCH3 is 1. The summed E-state index contributed by atoms with van der Waals surface area (Å²) in [6.45, 7) is 0.888. The molecule has 1 unspecified atom stereocenters. The van der Waals surface area contributed by atoms with Crippen LogP contribution in [-0.4, -0.2) is 30.7 Å². The van der Waals surface area contributed by atoms with Crippen LogP contribution in [0.4, 0.5) is 13.2 Å². The van der Waals surface area contributed by atoms with Crippen LogP contribution in [0, 0.1) is 0 Å². The smallest absolute Gasteiger partial charge is 0.416 e. The zero-order valence-corrected chi connectivity index (χ0v) is 14.8. The third kappa shape index (κ3) is 3.80. The molecule has 3 nitrogen and oxygen atoms in total. The van der Waals surface area contributed by atoms with Crippen LogP contribution in [0.2, 0.25) is 0 Å². The molecule has 1 aliphatic rings. The minimum absolute atomic E-state index is 0.109. The molecule has 2 aromatic rings. The number of alkyl halides is 3. The van der Waals surface area contributed by atoms with Crippen molar-refractivity contribution < 1.29 is 23.0 Å². The van der Waals surface area contributed by atoms with Crippen molar-refractivity contribution in [2.45, 2.75) is 31.5 Å². The van der Waals surface area contributed by atoms with E-state index in [1.807, 2.05) is 13.1 Å². The summed E-state index contributed by atoms with van der Waals surface area (Å²) in [7, 11) is 3.56. The highest BCUT2D eigenvalue weighted by molar-refractivity contribution is 5.48. The quantitative estimate of drug-likeness (QED) is 0.861. The van der Waals surface area contributed by atoms with E-state index in [4.69, 9.17) is 4.74 Å². The number of phenolic OH excluding ortho intramolecular Hbond substituents is 1. The Hall–Kier alpha value is -2.21. The molecule has 26 heavy (non-hydrogen) atoms. The average molecular weight is 365 g/mol. The molecule has 140 valence electrons. The van der Waals surface area contributed by atoms with Crippen LogP contribution in [0.1, 0.15) is 34.7 Å². The number of nitrogens with zero attached hydrogens (tertiary/aromatic N) is 1. The van der Waals surface area contributed by atoms with Crippen LogP contribution < -0.4 is 4.74 Å². The van der Waals surface area contributed by atoms with E-state index in [2.05, 4.69) is 4.90 Å². The van der Waals surface area contributed by atoms with Crippen LogP contribution in [0.5, 0.6) is 11.5 Å². The molecule has 1 atom stereocenters. The van der Waals surface area contributed by atoms with E-state index in [0.717, 1.165) is 48.2 Å². The molecule has 1 heterocycles. The van der Waals surface area contributed by atoms with Crippen molar-refractivity contribution in [2.75, 3.05) is 20.7 Å². The van der Waals surface area contributed by atoms with Crippen LogP contribution in [0.15, 0.2) is 36.4 Å². The van der Waals surface area contributed by atoms with Gasteiger partial charge in [0, 0.05) is 12.6 Å². The number of hydrogen-bond donors (Lipinski definition) is 1. The Balaban J connectivity index is 1.77. The van der Waals surface area contributed by atoms with Crippen molar-refractivity contribution in [3.05, 3.63) is 58.7 Å². The van der Waals surface area contributed by atoms with E-state index in [-0.39, 0.29) is 11.8 Å². The summed E-state index contributed by atoms with van der Waals surface area (Å²) in [5.41, 5.74) is 2.45. The molecule has 6 heteroatoms. The van der Waals surface area contributed by atoms with Gasteiger partial charge in [0.05, 0.1) is 12.7 Å². The van der Waals surface area contributed by atoms with Crippen LogP contribution in [-0.2, 0) is 19.0 Å². The van der Waals surface area contributed by atoms with Gasteiger partial charge in [0.1, 0.15) is 0 Å². The number of aryl methyl sites for hydroxylation is 1. The van der Waals surface area contributed by atoms with Crippen LogP contribution in [0.25, 0.3) is 0 Å². The second kappa shape index (κ2) is 7.19. The van der Waals surface area contributed by atoms with E-state index in [1.54, 1.807) is 6.07 Å². The molecule has 1 aliphatic heterocycles. The van der Waals surface area contributed by atoms with Crippen molar-refractivity contribution in [3.8, 4) is 11.5 Å². The van der Waals surface area contributed by atoms with Gasteiger partial charge in [0.15, 0.2) is 11.5 Å². The molecule has 0 amide bonds. The minimum Gasteiger partial charge on any atom is -0.504 e. The number of ether oxygens (including phenoxy) is 1. The third-order valence-electron chi connectivity index (χ3n) is 5.05. The van der Waals surface area contributed by atoms with Gasteiger partial charge in [-0.1, -0.05) is 12.1 Å². The Morgan fingerprint density at radius 1 is 1.19 bits per heavy atom. The van der Waals surface area contributed by atoms with Gasteiger partial charge in [-0.15, -0.1) is 0 Å². The summed E-state index contributed by atoms with van der Waals surface area (Å²) in [4.78, 5) is 2.22. The molecule has 0 fully saturated rings. The van der Waals surface area contributed by atoms with Crippen molar-refractivity contribution in [1.29, 1.82) is 0 Å². The SMILES string of the molecule is COc1cc2c(cc1O)C(CCc1ccc(C(F)(F)F)cc1)N(C)CC2. The maximum absolute atomic E-state index is 12.7. The molecule has 0 saturated carbocycles. The summed E-state index contributed by atoms with van der Waals surface area (Å²) in [5.74, 6) is 0.580. The summed E-state index contributed by atoms with van der Waals surface area (Å²) >= 11 is 0. The lowest BCUT2D eigenvalue weighted by molar-refractivity contribution is -0.137. The number of halogens is 3. The third-order valence-corrected chi connectivity index (χ3v) is 5.05. The van der Waals surface area contributed by atoms with Crippen molar-refractivity contribution in [2.24, 2.45) is 0 Å². The molecule has 3 rings (SSSR count). The number of likely N-dealkylation sites (N-methyl/N-ethyl adjacent to an activating group) is 1. The van der Waals surface area contributed by atoms with Crippen molar-refractivity contribution in [3.63, 3.8) is 0 Å². The zero-order chi connectivity index (χ0) is 18.9. The number of hydrogen-bond acceptors (Lipinski definition) is 3. The topological polar surface area (TPSA) is 32.7 Å². The Kier molecular flexibility index (Phi) is 5.14. The monoisotopic (exact) mass is 365 g/mol.